The van der Waals surface area contributed by atoms with Gasteiger partial charge in [0.2, 0.25) is 0 Å². The lowest BCUT2D eigenvalue weighted by molar-refractivity contribution is 0.0313. The van der Waals surface area contributed by atoms with Crippen molar-refractivity contribution in [3.63, 3.8) is 0 Å². The molecule has 0 aromatic rings. The van der Waals surface area contributed by atoms with Gasteiger partial charge in [-0.1, -0.05) is 18.6 Å². The Morgan fingerprint density at radius 1 is 1.33 bits per heavy atom. The zero-order valence-corrected chi connectivity index (χ0v) is 10.5. The van der Waals surface area contributed by atoms with E-state index in [0.717, 1.165) is 32.2 Å². The molecule has 2 heteroatoms. The molecule has 0 bridgehead atoms. The lowest BCUT2D eigenvalue weighted by Gasteiger charge is -2.29. The third kappa shape index (κ3) is 5.95. The molecule has 1 atom stereocenters. The summed E-state index contributed by atoms with van der Waals surface area (Å²) in [6.07, 6.45) is 4.88. The van der Waals surface area contributed by atoms with Gasteiger partial charge in [0.1, 0.15) is 0 Å². The molecular weight excluding hydrogens is 186 g/mol. The van der Waals surface area contributed by atoms with Gasteiger partial charge in [-0.15, -0.1) is 0 Å². The Bertz CT molecular complexity index is 191. The van der Waals surface area contributed by atoms with Crippen LogP contribution >= 0.6 is 0 Å². The molecule has 1 fully saturated rings. The van der Waals surface area contributed by atoms with Gasteiger partial charge in [-0.05, 0) is 32.6 Å². The summed E-state index contributed by atoms with van der Waals surface area (Å²) in [5.74, 6) is 0.804. The van der Waals surface area contributed by atoms with E-state index in [9.17, 15) is 0 Å². The molecule has 1 unspecified atom stereocenters. The molecule has 0 N–H and O–H groups in total. The van der Waals surface area contributed by atoms with Crippen LogP contribution in [0.3, 0.4) is 0 Å². The fourth-order valence-corrected chi connectivity index (χ4v) is 1.97. The predicted molar refractivity (Wildman–Crippen MR) is 65.1 cm³/mol. The number of nitrogens with zero attached hydrogens (tertiary/aromatic N) is 1. The molecule has 1 heterocycles. The molecular formula is C13H25NO. The van der Waals surface area contributed by atoms with Crippen molar-refractivity contribution in [3.05, 3.63) is 11.6 Å². The largest absolute Gasteiger partial charge is 0.379 e. The van der Waals surface area contributed by atoms with Crippen molar-refractivity contribution in [2.75, 3.05) is 32.8 Å². The molecule has 0 aliphatic carbocycles. The first-order valence-electron chi connectivity index (χ1n) is 6.12. The Labute approximate surface area is 94.3 Å². The van der Waals surface area contributed by atoms with Crippen LogP contribution in [0.4, 0.5) is 0 Å². The first-order valence-corrected chi connectivity index (χ1v) is 6.12. The highest BCUT2D eigenvalue weighted by molar-refractivity contribution is 4.92. The average Bonchev–Trinajstić information content (AvgIpc) is 2.18. The van der Waals surface area contributed by atoms with Crippen LogP contribution in [0.5, 0.6) is 0 Å². The van der Waals surface area contributed by atoms with Gasteiger partial charge >= 0.3 is 0 Å². The Balaban J connectivity index is 2.11. The smallest absolute Gasteiger partial charge is 0.0594 e. The summed E-state index contributed by atoms with van der Waals surface area (Å²) < 4.78 is 5.34. The van der Waals surface area contributed by atoms with Crippen molar-refractivity contribution >= 4 is 0 Å². The van der Waals surface area contributed by atoms with Crippen LogP contribution in [-0.4, -0.2) is 37.7 Å². The Morgan fingerprint density at radius 3 is 2.60 bits per heavy atom. The summed E-state index contributed by atoms with van der Waals surface area (Å²) in [5, 5.41) is 0. The molecule has 1 aliphatic heterocycles. The van der Waals surface area contributed by atoms with Crippen molar-refractivity contribution in [1.29, 1.82) is 0 Å². The molecule has 88 valence electrons. The highest BCUT2D eigenvalue weighted by Crippen LogP contribution is 2.10. The Kier molecular flexibility index (Phi) is 5.96. The van der Waals surface area contributed by atoms with E-state index in [1.54, 1.807) is 0 Å². The molecule has 0 spiro atoms. The molecule has 0 aromatic heterocycles. The topological polar surface area (TPSA) is 12.5 Å². The Morgan fingerprint density at radius 2 is 2.00 bits per heavy atom. The average molecular weight is 211 g/mol. The van der Waals surface area contributed by atoms with E-state index >= 15 is 0 Å². The summed E-state index contributed by atoms with van der Waals surface area (Å²) in [7, 11) is 0. The van der Waals surface area contributed by atoms with Crippen LogP contribution in [0, 0.1) is 5.92 Å². The van der Waals surface area contributed by atoms with Gasteiger partial charge in [-0.2, -0.15) is 0 Å². The van der Waals surface area contributed by atoms with E-state index < -0.39 is 0 Å². The SMILES string of the molecule is CC(C)=CCCC(C)CN1CCOCC1. The van der Waals surface area contributed by atoms with Crippen molar-refractivity contribution in [3.8, 4) is 0 Å². The minimum atomic E-state index is 0.804. The minimum Gasteiger partial charge on any atom is -0.379 e. The molecule has 15 heavy (non-hydrogen) atoms. The van der Waals surface area contributed by atoms with Crippen LogP contribution < -0.4 is 0 Å². The van der Waals surface area contributed by atoms with E-state index in [1.807, 2.05) is 0 Å². The van der Waals surface area contributed by atoms with E-state index in [4.69, 9.17) is 4.74 Å². The first-order chi connectivity index (χ1) is 7.18. The third-order valence-electron chi connectivity index (χ3n) is 2.89. The number of hydrogen-bond donors (Lipinski definition) is 0. The summed E-state index contributed by atoms with van der Waals surface area (Å²) in [4.78, 5) is 2.52. The predicted octanol–water partition coefficient (Wildman–Crippen LogP) is 2.70. The second-order valence-electron chi connectivity index (χ2n) is 4.88. The first kappa shape index (κ1) is 12.7. The molecule has 1 aliphatic rings. The van der Waals surface area contributed by atoms with Crippen molar-refractivity contribution in [1.82, 2.24) is 4.90 Å². The fraction of sp³-hybridized carbons (Fsp3) is 0.846. The summed E-state index contributed by atoms with van der Waals surface area (Å²) in [6.45, 7) is 12.0. The quantitative estimate of drug-likeness (QED) is 0.648. The molecule has 1 rings (SSSR count). The van der Waals surface area contributed by atoms with Gasteiger partial charge < -0.3 is 4.74 Å². The lowest BCUT2D eigenvalue weighted by atomic mass is 10.0. The Hall–Kier alpha value is -0.340. The van der Waals surface area contributed by atoms with Crippen LogP contribution in [0.15, 0.2) is 11.6 Å². The molecule has 0 aromatic carbocycles. The van der Waals surface area contributed by atoms with Gasteiger partial charge in [0.25, 0.3) is 0 Å². The van der Waals surface area contributed by atoms with Crippen molar-refractivity contribution < 1.29 is 4.74 Å². The third-order valence-corrected chi connectivity index (χ3v) is 2.89. The van der Waals surface area contributed by atoms with Crippen LogP contribution in [0.2, 0.25) is 0 Å². The second-order valence-corrected chi connectivity index (χ2v) is 4.88. The van der Waals surface area contributed by atoms with Crippen molar-refractivity contribution in [2.45, 2.75) is 33.6 Å². The highest BCUT2D eigenvalue weighted by Gasteiger charge is 2.12. The monoisotopic (exact) mass is 211 g/mol. The number of rotatable bonds is 5. The number of morpholine rings is 1. The fourth-order valence-electron chi connectivity index (χ4n) is 1.97. The van der Waals surface area contributed by atoms with Gasteiger partial charge in [0, 0.05) is 19.6 Å². The highest BCUT2D eigenvalue weighted by atomic mass is 16.5. The van der Waals surface area contributed by atoms with Gasteiger partial charge in [0.15, 0.2) is 0 Å². The lowest BCUT2D eigenvalue weighted by Crippen LogP contribution is -2.38. The maximum absolute atomic E-state index is 5.34. The van der Waals surface area contributed by atoms with Crippen molar-refractivity contribution in [2.24, 2.45) is 5.92 Å². The summed E-state index contributed by atoms with van der Waals surface area (Å²) >= 11 is 0. The summed E-state index contributed by atoms with van der Waals surface area (Å²) in [5.41, 5.74) is 1.44. The van der Waals surface area contributed by atoms with Gasteiger partial charge in [0.05, 0.1) is 13.2 Å². The molecule has 0 radical (unpaired) electrons. The van der Waals surface area contributed by atoms with Crippen LogP contribution in [0.1, 0.15) is 33.6 Å². The summed E-state index contributed by atoms with van der Waals surface area (Å²) in [6, 6.07) is 0. The number of allylic oxidation sites excluding steroid dienone is 2. The molecule has 1 saturated heterocycles. The second kappa shape index (κ2) is 7.02. The van der Waals surface area contributed by atoms with E-state index in [2.05, 4.69) is 31.7 Å². The van der Waals surface area contributed by atoms with Gasteiger partial charge in [-0.25, -0.2) is 0 Å². The number of hydrogen-bond acceptors (Lipinski definition) is 2. The number of ether oxygens (including phenoxy) is 1. The van der Waals surface area contributed by atoms with E-state index in [-0.39, 0.29) is 0 Å². The van der Waals surface area contributed by atoms with E-state index in [0.29, 0.717) is 0 Å². The zero-order valence-electron chi connectivity index (χ0n) is 10.5. The van der Waals surface area contributed by atoms with Gasteiger partial charge in [-0.3, -0.25) is 4.90 Å². The standard InChI is InChI=1S/C13H25NO/c1-12(2)5-4-6-13(3)11-14-7-9-15-10-8-14/h5,13H,4,6-11H2,1-3H3. The minimum absolute atomic E-state index is 0.804. The maximum Gasteiger partial charge on any atom is 0.0594 e. The molecule has 0 saturated carbocycles. The zero-order chi connectivity index (χ0) is 11.1. The molecule has 0 amide bonds. The molecule has 2 nitrogen and oxygen atoms in total. The normalized spacial score (nSPS) is 19.9. The maximum atomic E-state index is 5.34. The van der Waals surface area contributed by atoms with E-state index in [1.165, 1.54) is 25.0 Å². The van der Waals surface area contributed by atoms with Crippen LogP contribution in [0.25, 0.3) is 0 Å². The van der Waals surface area contributed by atoms with Crippen LogP contribution in [-0.2, 0) is 4.74 Å².